The largest absolute Gasteiger partial charge is 0.348 e. The molecule has 136 valence electrons. The lowest BCUT2D eigenvalue weighted by molar-refractivity contribution is -0.122. The Hall–Kier alpha value is -2.99. The van der Waals surface area contributed by atoms with Crippen LogP contribution in [0.5, 0.6) is 0 Å². The number of rotatable bonds is 5. The fourth-order valence-corrected chi connectivity index (χ4v) is 3.87. The summed E-state index contributed by atoms with van der Waals surface area (Å²) in [4.78, 5) is 21.9. The molecule has 1 N–H and O–H groups in total. The fraction of sp³-hybridized carbons (Fsp3) is 0.190. The minimum Gasteiger partial charge on any atom is -0.348 e. The first-order valence-corrected chi connectivity index (χ1v) is 9.76. The van der Waals surface area contributed by atoms with Gasteiger partial charge in [0.2, 0.25) is 5.91 Å². The van der Waals surface area contributed by atoms with Gasteiger partial charge in [0.15, 0.2) is 5.82 Å². The fourth-order valence-electron chi connectivity index (χ4n) is 3.34. The molecule has 5 nitrogen and oxygen atoms in total. The number of hydrogen-bond acceptors (Lipinski definition) is 4. The van der Waals surface area contributed by atoms with E-state index in [0.29, 0.717) is 0 Å². The molecule has 2 heterocycles. The maximum Gasteiger partial charge on any atom is 0.240 e. The van der Waals surface area contributed by atoms with Gasteiger partial charge in [0.25, 0.3) is 0 Å². The van der Waals surface area contributed by atoms with Crippen molar-refractivity contribution in [3.63, 3.8) is 0 Å². The molecule has 1 atom stereocenters. The molecule has 0 aliphatic rings. The number of para-hydroxylation sites is 2. The zero-order chi connectivity index (χ0) is 18.8. The van der Waals surface area contributed by atoms with Gasteiger partial charge < -0.3 is 9.88 Å². The SMILES string of the molecule is Cc1ccccc1C(C)NC(=O)Cn1c(-c2cscn2)nc2ccccc21. The minimum absolute atomic E-state index is 0.0506. The summed E-state index contributed by atoms with van der Waals surface area (Å²) in [7, 11) is 0. The lowest BCUT2D eigenvalue weighted by Gasteiger charge is -2.17. The molecule has 0 bridgehead atoms. The number of nitrogens with zero attached hydrogens (tertiary/aromatic N) is 3. The lowest BCUT2D eigenvalue weighted by atomic mass is 10.0. The standard InChI is InChI=1S/C21H20N4OS/c1-14-7-3-4-8-16(14)15(2)23-20(26)11-25-19-10-6-5-9-17(19)24-21(25)18-12-27-13-22-18/h3-10,12-13,15H,11H2,1-2H3,(H,23,26). The van der Waals surface area contributed by atoms with E-state index in [1.807, 2.05) is 59.3 Å². The third kappa shape index (κ3) is 3.48. The maximum absolute atomic E-state index is 12.8. The van der Waals surface area contributed by atoms with Crippen LogP contribution in [-0.4, -0.2) is 20.4 Å². The second-order valence-electron chi connectivity index (χ2n) is 6.53. The summed E-state index contributed by atoms with van der Waals surface area (Å²) < 4.78 is 1.93. The van der Waals surface area contributed by atoms with Gasteiger partial charge >= 0.3 is 0 Å². The maximum atomic E-state index is 12.8. The van der Waals surface area contributed by atoms with Crippen LogP contribution in [0.3, 0.4) is 0 Å². The summed E-state index contributed by atoms with van der Waals surface area (Å²) in [5, 5.41) is 5.06. The molecule has 4 rings (SSSR count). The van der Waals surface area contributed by atoms with Crippen molar-refractivity contribution in [3.8, 4) is 11.5 Å². The molecule has 27 heavy (non-hydrogen) atoms. The molecule has 0 fully saturated rings. The average Bonchev–Trinajstić information content (AvgIpc) is 3.30. The molecule has 1 amide bonds. The van der Waals surface area contributed by atoms with Crippen LogP contribution in [0.2, 0.25) is 0 Å². The van der Waals surface area contributed by atoms with Gasteiger partial charge in [-0.05, 0) is 37.1 Å². The number of aromatic nitrogens is 3. The molecule has 2 aromatic carbocycles. The second kappa shape index (κ2) is 7.32. The van der Waals surface area contributed by atoms with Crippen LogP contribution in [0, 0.1) is 6.92 Å². The van der Waals surface area contributed by atoms with Crippen molar-refractivity contribution in [2.75, 3.05) is 0 Å². The van der Waals surface area contributed by atoms with Crippen molar-refractivity contribution < 1.29 is 4.79 Å². The minimum atomic E-state index is -0.0591. The van der Waals surface area contributed by atoms with Gasteiger partial charge in [0.05, 0.1) is 22.6 Å². The third-order valence-corrected chi connectivity index (χ3v) is 5.24. The molecule has 1 unspecified atom stereocenters. The Balaban J connectivity index is 1.62. The van der Waals surface area contributed by atoms with Crippen molar-refractivity contribution in [2.24, 2.45) is 0 Å². The molecule has 6 heteroatoms. The van der Waals surface area contributed by atoms with Crippen LogP contribution < -0.4 is 5.32 Å². The average molecular weight is 376 g/mol. The first-order chi connectivity index (χ1) is 13.1. The van der Waals surface area contributed by atoms with Crippen molar-refractivity contribution in [2.45, 2.75) is 26.4 Å². The summed E-state index contributed by atoms with van der Waals surface area (Å²) >= 11 is 1.52. The molecule has 0 aliphatic heterocycles. The van der Waals surface area contributed by atoms with Crippen molar-refractivity contribution >= 4 is 28.3 Å². The van der Waals surface area contributed by atoms with Gasteiger partial charge in [-0.3, -0.25) is 4.79 Å². The first-order valence-electron chi connectivity index (χ1n) is 8.82. The zero-order valence-electron chi connectivity index (χ0n) is 15.2. The second-order valence-corrected chi connectivity index (χ2v) is 7.25. The predicted octanol–water partition coefficient (Wildman–Crippen LogP) is 4.35. The third-order valence-electron chi connectivity index (χ3n) is 4.65. The molecule has 0 spiro atoms. The molecular formula is C21H20N4OS. The molecule has 2 aromatic heterocycles. The van der Waals surface area contributed by atoms with Gasteiger partial charge in [-0.2, -0.15) is 0 Å². The van der Waals surface area contributed by atoms with Gasteiger partial charge in [-0.25, -0.2) is 9.97 Å². The quantitative estimate of drug-likeness (QED) is 0.563. The number of imidazole rings is 1. The molecule has 0 radical (unpaired) electrons. The Bertz CT molecular complexity index is 1080. The van der Waals surface area contributed by atoms with Gasteiger partial charge in [-0.15, -0.1) is 11.3 Å². The number of aryl methyl sites for hydroxylation is 1. The summed E-state index contributed by atoms with van der Waals surface area (Å²) in [6.45, 7) is 4.26. The molecule has 0 saturated heterocycles. The van der Waals surface area contributed by atoms with Gasteiger partial charge in [0.1, 0.15) is 12.2 Å². The Morgan fingerprint density at radius 2 is 1.96 bits per heavy atom. The van der Waals surface area contributed by atoms with E-state index in [0.717, 1.165) is 28.1 Å². The van der Waals surface area contributed by atoms with E-state index in [1.165, 1.54) is 16.9 Å². The number of benzene rings is 2. The highest BCUT2D eigenvalue weighted by Crippen LogP contribution is 2.25. The van der Waals surface area contributed by atoms with Crippen LogP contribution in [0.1, 0.15) is 24.1 Å². The first kappa shape index (κ1) is 17.4. The summed E-state index contributed by atoms with van der Waals surface area (Å²) in [5.41, 5.74) is 6.65. The summed E-state index contributed by atoms with van der Waals surface area (Å²) in [6, 6.07) is 15.9. The normalized spacial score (nSPS) is 12.2. The number of fused-ring (bicyclic) bond motifs is 1. The van der Waals surface area contributed by atoms with Gasteiger partial charge in [0, 0.05) is 5.38 Å². The number of thiazole rings is 1. The van der Waals surface area contributed by atoms with E-state index in [2.05, 4.69) is 28.3 Å². The van der Waals surface area contributed by atoms with E-state index in [1.54, 1.807) is 5.51 Å². The number of amides is 1. The zero-order valence-corrected chi connectivity index (χ0v) is 16.0. The monoisotopic (exact) mass is 376 g/mol. The predicted molar refractivity (Wildman–Crippen MR) is 109 cm³/mol. The molecular weight excluding hydrogens is 356 g/mol. The highest BCUT2D eigenvalue weighted by Gasteiger charge is 2.18. The molecule has 4 aromatic rings. The highest BCUT2D eigenvalue weighted by molar-refractivity contribution is 7.07. The van der Waals surface area contributed by atoms with E-state index >= 15 is 0 Å². The number of carbonyl (C=O) groups is 1. The lowest BCUT2D eigenvalue weighted by Crippen LogP contribution is -2.30. The topological polar surface area (TPSA) is 59.8 Å². The Morgan fingerprint density at radius 1 is 1.19 bits per heavy atom. The van der Waals surface area contributed by atoms with Crippen LogP contribution >= 0.6 is 11.3 Å². The van der Waals surface area contributed by atoms with E-state index in [9.17, 15) is 4.79 Å². The molecule has 0 saturated carbocycles. The van der Waals surface area contributed by atoms with Crippen molar-refractivity contribution in [1.82, 2.24) is 19.9 Å². The highest BCUT2D eigenvalue weighted by atomic mass is 32.1. The number of carbonyl (C=O) groups excluding carboxylic acids is 1. The smallest absolute Gasteiger partial charge is 0.240 e. The summed E-state index contributed by atoms with van der Waals surface area (Å²) in [5.74, 6) is 0.668. The van der Waals surface area contributed by atoms with E-state index in [-0.39, 0.29) is 18.5 Å². The van der Waals surface area contributed by atoms with E-state index < -0.39 is 0 Å². The van der Waals surface area contributed by atoms with Crippen LogP contribution in [0.25, 0.3) is 22.6 Å². The molecule has 0 aliphatic carbocycles. The van der Waals surface area contributed by atoms with Crippen LogP contribution in [0.15, 0.2) is 59.4 Å². The van der Waals surface area contributed by atoms with Gasteiger partial charge in [-0.1, -0.05) is 36.4 Å². The summed E-state index contributed by atoms with van der Waals surface area (Å²) in [6.07, 6.45) is 0. The Labute approximate surface area is 161 Å². The Kier molecular flexibility index (Phi) is 4.73. The van der Waals surface area contributed by atoms with Crippen molar-refractivity contribution in [1.29, 1.82) is 0 Å². The number of hydrogen-bond donors (Lipinski definition) is 1. The van der Waals surface area contributed by atoms with Crippen LogP contribution in [-0.2, 0) is 11.3 Å². The van der Waals surface area contributed by atoms with E-state index in [4.69, 9.17) is 0 Å². The number of nitrogens with one attached hydrogen (secondary N) is 1. The Morgan fingerprint density at radius 3 is 2.74 bits per heavy atom. The van der Waals surface area contributed by atoms with Crippen LogP contribution in [0.4, 0.5) is 0 Å². The van der Waals surface area contributed by atoms with Crippen molar-refractivity contribution in [3.05, 3.63) is 70.5 Å².